The summed E-state index contributed by atoms with van der Waals surface area (Å²) in [5.74, 6) is -0.00298. The Balaban J connectivity index is 2.28. The van der Waals surface area contributed by atoms with Crippen molar-refractivity contribution >= 4 is 21.4 Å². The summed E-state index contributed by atoms with van der Waals surface area (Å²) in [6.45, 7) is 5.92. The Kier molecular flexibility index (Phi) is 4.18. The molecule has 4 nitrogen and oxygen atoms in total. The molecule has 0 spiro atoms. The van der Waals surface area contributed by atoms with Gasteiger partial charge in [0.05, 0.1) is 5.75 Å². The smallest absolute Gasteiger partial charge is 0.245 e. The Morgan fingerprint density at radius 2 is 2.05 bits per heavy atom. The molecule has 0 fully saturated rings. The van der Waals surface area contributed by atoms with Gasteiger partial charge in [-0.2, -0.15) is 0 Å². The van der Waals surface area contributed by atoms with Crippen LogP contribution in [0.25, 0.3) is 0 Å². The molecule has 1 heterocycles. The van der Waals surface area contributed by atoms with Crippen LogP contribution >= 0.6 is 0 Å². The van der Waals surface area contributed by atoms with Crippen LogP contribution in [-0.4, -0.2) is 31.9 Å². The van der Waals surface area contributed by atoms with Crippen molar-refractivity contribution in [2.24, 2.45) is 0 Å². The molecule has 5 heteroatoms. The van der Waals surface area contributed by atoms with Gasteiger partial charge < -0.3 is 4.90 Å². The van der Waals surface area contributed by atoms with Gasteiger partial charge in [-0.05, 0) is 25.0 Å². The molecule has 0 radical (unpaired) electrons. The molecule has 1 amide bonds. The van der Waals surface area contributed by atoms with E-state index in [1.165, 1.54) is 6.92 Å². The first-order valence-electron chi connectivity index (χ1n) is 7.00. The second kappa shape index (κ2) is 5.56. The number of anilines is 1. The zero-order valence-corrected chi connectivity index (χ0v) is 13.0. The highest BCUT2D eigenvalue weighted by Crippen LogP contribution is 2.36. The summed E-state index contributed by atoms with van der Waals surface area (Å²) in [7, 11) is -3.36. The maximum absolute atomic E-state index is 12.5. The number of sulfone groups is 1. The fourth-order valence-electron chi connectivity index (χ4n) is 2.66. The lowest BCUT2D eigenvalue weighted by Gasteiger charge is -2.22. The quantitative estimate of drug-likeness (QED) is 0.857. The minimum absolute atomic E-state index is 0.0605. The van der Waals surface area contributed by atoms with Crippen LogP contribution in [0.1, 0.15) is 38.7 Å². The molecule has 20 heavy (non-hydrogen) atoms. The van der Waals surface area contributed by atoms with E-state index in [1.807, 2.05) is 31.2 Å². The lowest BCUT2D eigenvalue weighted by atomic mass is 10.0. The molecule has 0 bridgehead atoms. The van der Waals surface area contributed by atoms with Crippen molar-refractivity contribution in [3.8, 4) is 0 Å². The minimum atomic E-state index is -3.36. The summed E-state index contributed by atoms with van der Waals surface area (Å²) < 4.78 is 24.1. The van der Waals surface area contributed by atoms with Crippen LogP contribution in [0.4, 0.5) is 5.69 Å². The summed E-state index contributed by atoms with van der Waals surface area (Å²) in [6.07, 6.45) is 0.535. The van der Waals surface area contributed by atoms with E-state index in [1.54, 1.807) is 4.90 Å². The van der Waals surface area contributed by atoms with Crippen molar-refractivity contribution in [3.05, 3.63) is 29.8 Å². The molecule has 2 atom stereocenters. The van der Waals surface area contributed by atoms with Gasteiger partial charge in [-0.1, -0.05) is 32.0 Å². The zero-order chi connectivity index (χ0) is 14.9. The van der Waals surface area contributed by atoms with Crippen LogP contribution < -0.4 is 4.90 Å². The van der Waals surface area contributed by atoms with Crippen LogP contribution in [0.3, 0.4) is 0 Å². The molecule has 0 N–H and O–H groups in total. The molecule has 0 saturated carbocycles. The van der Waals surface area contributed by atoms with E-state index in [9.17, 15) is 13.2 Å². The fourth-order valence-corrected chi connectivity index (χ4v) is 4.02. The average Bonchev–Trinajstić information content (AvgIpc) is 2.75. The van der Waals surface area contributed by atoms with Crippen molar-refractivity contribution in [1.82, 2.24) is 0 Å². The molecule has 1 aromatic rings. The number of benzene rings is 1. The summed E-state index contributed by atoms with van der Waals surface area (Å²) in [5.41, 5.74) is 1.96. The highest BCUT2D eigenvalue weighted by molar-refractivity contribution is 7.92. The number of carbonyl (C=O) groups is 1. The Morgan fingerprint density at radius 3 is 2.70 bits per heavy atom. The Hall–Kier alpha value is -1.36. The Bertz CT molecular complexity index is 609. The number of hydrogen-bond acceptors (Lipinski definition) is 3. The van der Waals surface area contributed by atoms with Crippen molar-refractivity contribution in [1.29, 1.82) is 0 Å². The molecule has 1 aliphatic rings. The van der Waals surface area contributed by atoms with Crippen molar-refractivity contribution in [3.63, 3.8) is 0 Å². The van der Waals surface area contributed by atoms with Crippen molar-refractivity contribution < 1.29 is 13.2 Å². The van der Waals surface area contributed by atoms with E-state index >= 15 is 0 Å². The molecule has 0 saturated heterocycles. The van der Waals surface area contributed by atoms with E-state index in [0.29, 0.717) is 13.0 Å². The average molecular weight is 295 g/mol. The molecular formula is C15H21NO3S. The van der Waals surface area contributed by atoms with Crippen LogP contribution in [-0.2, 0) is 14.6 Å². The number of hydrogen-bond donors (Lipinski definition) is 0. The predicted octanol–water partition coefficient (Wildman–Crippen LogP) is 2.35. The van der Waals surface area contributed by atoms with E-state index < -0.39 is 15.1 Å². The Labute approximate surface area is 120 Å². The lowest BCUT2D eigenvalue weighted by Crippen LogP contribution is -2.41. The number of amides is 1. The van der Waals surface area contributed by atoms with E-state index in [2.05, 4.69) is 6.92 Å². The van der Waals surface area contributed by atoms with Gasteiger partial charge in [0, 0.05) is 18.2 Å². The molecular weight excluding hydrogens is 274 g/mol. The number of fused-ring (bicyclic) bond motifs is 1. The maximum Gasteiger partial charge on any atom is 0.245 e. The number of rotatable bonds is 4. The Morgan fingerprint density at radius 1 is 1.40 bits per heavy atom. The van der Waals surface area contributed by atoms with Gasteiger partial charge in [0.2, 0.25) is 5.91 Å². The summed E-state index contributed by atoms with van der Waals surface area (Å²) in [6, 6.07) is 7.71. The SMILES string of the molecule is CCCS(=O)(=O)[C@@H](C)C(=O)N1C[C@@H](C)c2ccccc21. The largest absolute Gasteiger partial charge is 0.310 e. The number of nitrogens with zero attached hydrogens (tertiary/aromatic N) is 1. The highest BCUT2D eigenvalue weighted by Gasteiger charge is 2.36. The van der Waals surface area contributed by atoms with Crippen molar-refractivity contribution in [2.75, 3.05) is 17.2 Å². The van der Waals surface area contributed by atoms with Gasteiger partial charge in [0.15, 0.2) is 9.84 Å². The topological polar surface area (TPSA) is 54.5 Å². The summed E-state index contributed by atoms with van der Waals surface area (Å²) in [5, 5.41) is -0.971. The van der Waals surface area contributed by atoms with E-state index in [4.69, 9.17) is 0 Å². The third-order valence-corrected chi connectivity index (χ3v) is 6.11. The first kappa shape index (κ1) is 15.0. The van der Waals surface area contributed by atoms with Gasteiger partial charge >= 0.3 is 0 Å². The first-order valence-corrected chi connectivity index (χ1v) is 8.72. The van der Waals surface area contributed by atoms with Gasteiger partial charge in [-0.3, -0.25) is 4.79 Å². The summed E-state index contributed by atoms with van der Waals surface area (Å²) >= 11 is 0. The lowest BCUT2D eigenvalue weighted by molar-refractivity contribution is -0.117. The number of para-hydroxylation sites is 1. The third kappa shape index (κ3) is 2.59. The van der Waals surface area contributed by atoms with E-state index in [0.717, 1.165) is 11.3 Å². The molecule has 110 valence electrons. The van der Waals surface area contributed by atoms with Crippen LogP contribution in [0.5, 0.6) is 0 Å². The van der Waals surface area contributed by atoms with E-state index in [-0.39, 0.29) is 17.6 Å². The van der Waals surface area contributed by atoms with Gasteiger partial charge in [-0.15, -0.1) is 0 Å². The maximum atomic E-state index is 12.5. The first-order chi connectivity index (χ1) is 9.38. The predicted molar refractivity (Wildman–Crippen MR) is 80.7 cm³/mol. The molecule has 0 aliphatic carbocycles. The third-order valence-electron chi connectivity index (χ3n) is 3.86. The monoisotopic (exact) mass is 295 g/mol. The van der Waals surface area contributed by atoms with Gasteiger partial charge in [-0.25, -0.2) is 8.42 Å². The molecule has 0 unspecified atom stereocenters. The van der Waals surface area contributed by atoms with Crippen LogP contribution in [0.15, 0.2) is 24.3 Å². The fraction of sp³-hybridized carbons (Fsp3) is 0.533. The normalized spacial score (nSPS) is 19.8. The van der Waals surface area contributed by atoms with Crippen LogP contribution in [0, 0.1) is 0 Å². The molecule has 1 aliphatic heterocycles. The van der Waals surface area contributed by atoms with Crippen LogP contribution in [0.2, 0.25) is 0 Å². The van der Waals surface area contributed by atoms with Crippen molar-refractivity contribution in [2.45, 2.75) is 38.4 Å². The standard InChI is InChI=1S/C15H21NO3S/c1-4-9-20(18,19)12(3)15(17)16-10-11(2)13-7-5-6-8-14(13)16/h5-8,11-12H,4,9-10H2,1-3H3/t11-,12+/m1/s1. The summed E-state index contributed by atoms with van der Waals surface area (Å²) in [4.78, 5) is 14.1. The molecule has 2 rings (SSSR count). The number of carbonyl (C=O) groups excluding carboxylic acids is 1. The van der Waals surface area contributed by atoms with Gasteiger partial charge in [0.25, 0.3) is 0 Å². The second-order valence-corrected chi connectivity index (χ2v) is 7.86. The highest BCUT2D eigenvalue weighted by atomic mass is 32.2. The molecule has 1 aromatic carbocycles. The second-order valence-electron chi connectivity index (χ2n) is 5.42. The molecule has 0 aromatic heterocycles. The minimum Gasteiger partial charge on any atom is -0.310 e. The zero-order valence-electron chi connectivity index (χ0n) is 12.2. The van der Waals surface area contributed by atoms with Gasteiger partial charge in [0.1, 0.15) is 5.25 Å².